The molecule has 270 valence electrons. The van der Waals surface area contributed by atoms with Gasteiger partial charge in [-0.15, -0.1) is 11.3 Å². The van der Waals surface area contributed by atoms with E-state index >= 15 is 0 Å². The number of rotatable bonds is 9. The maximum Gasteiger partial charge on any atom is 0.160 e. The monoisotopic (exact) mass is 747 g/mol. The van der Waals surface area contributed by atoms with Crippen LogP contribution in [0.25, 0.3) is 76.5 Å². The third-order valence-corrected chi connectivity index (χ3v) is 11.8. The van der Waals surface area contributed by atoms with Crippen LogP contribution in [0.15, 0.2) is 200 Å². The highest BCUT2D eigenvalue weighted by Crippen LogP contribution is 2.40. The highest BCUT2D eigenvalue weighted by atomic mass is 32.1. The molecule has 0 N–H and O–H groups in total. The fourth-order valence-electron chi connectivity index (χ4n) is 7.88. The van der Waals surface area contributed by atoms with E-state index in [-0.39, 0.29) is 0 Å². The van der Waals surface area contributed by atoms with Gasteiger partial charge in [0.15, 0.2) is 5.82 Å². The first-order chi connectivity index (χ1) is 28.2. The summed E-state index contributed by atoms with van der Waals surface area (Å²) in [7, 11) is 0. The van der Waals surface area contributed by atoms with Gasteiger partial charge in [0, 0.05) is 48.6 Å². The van der Waals surface area contributed by atoms with Crippen LogP contribution in [0.2, 0.25) is 0 Å². The van der Waals surface area contributed by atoms with Gasteiger partial charge in [0.2, 0.25) is 0 Å². The minimum Gasteiger partial charge on any atom is -0.256 e. The van der Waals surface area contributed by atoms with E-state index in [0.717, 1.165) is 52.2 Å². The van der Waals surface area contributed by atoms with Gasteiger partial charge in [-0.3, -0.25) is 4.98 Å². The van der Waals surface area contributed by atoms with Crippen LogP contribution in [0.3, 0.4) is 0 Å². The third-order valence-electron chi connectivity index (χ3n) is 10.7. The first-order valence-corrected chi connectivity index (χ1v) is 20.2. The Bertz CT molecular complexity index is 2930. The molecule has 57 heavy (non-hydrogen) atoms. The fourth-order valence-corrected chi connectivity index (χ4v) is 8.96. The van der Waals surface area contributed by atoms with E-state index in [0.29, 0.717) is 5.82 Å². The maximum absolute atomic E-state index is 5.05. The van der Waals surface area contributed by atoms with Gasteiger partial charge >= 0.3 is 0 Å². The van der Waals surface area contributed by atoms with Gasteiger partial charge in [0.25, 0.3) is 0 Å². The van der Waals surface area contributed by atoms with E-state index in [9.17, 15) is 0 Å². The van der Waals surface area contributed by atoms with Crippen LogP contribution in [-0.4, -0.2) is 15.0 Å². The van der Waals surface area contributed by atoms with Gasteiger partial charge in [-0.1, -0.05) is 170 Å². The Morgan fingerprint density at radius 1 is 0.404 bits per heavy atom. The summed E-state index contributed by atoms with van der Waals surface area (Å²) < 4.78 is 2.51. The second-order valence-corrected chi connectivity index (χ2v) is 15.5. The summed E-state index contributed by atoms with van der Waals surface area (Å²) in [5.74, 6) is 0.710. The molecular formula is C53H37N3S. The van der Waals surface area contributed by atoms with Crippen LogP contribution in [0, 0.1) is 0 Å². The first kappa shape index (κ1) is 34.5. The summed E-state index contributed by atoms with van der Waals surface area (Å²) in [6.45, 7) is 0. The molecule has 3 nitrogen and oxygen atoms in total. The number of thiophene rings is 1. The van der Waals surface area contributed by atoms with Crippen LogP contribution < -0.4 is 0 Å². The third kappa shape index (κ3) is 7.04. The Morgan fingerprint density at radius 2 is 0.947 bits per heavy atom. The van der Waals surface area contributed by atoms with Crippen molar-refractivity contribution in [1.82, 2.24) is 15.0 Å². The molecule has 0 saturated heterocycles. The molecule has 0 aliphatic heterocycles. The van der Waals surface area contributed by atoms with Crippen molar-refractivity contribution in [2.24, 2.45) is 0 Å². The highest BCUT2D eigenvalue weighted by Gasteiger charge is 2.16. The number of pyridine rings is 1. The van der Waals surface area contributed by atoms with Crippen molar-refractivity contribution >= 4 is 31.5 Å². The van der Waals surface area contributed by atoms with E-state index in [2.05, 4.69) is 158 Å². The molecule has 0 bridgehead atoms. The number of hydrogen-bond donors (Lipinski definition) is 0. The van der Waals surface area contributed by atoms with Gasteiger partial charge in [-0.2, -0.15) is 0 Å². The smallest absolute Gasteiger partial charge is 0.160 e. The lowest BCUT2D eigenvalue weighted by molar-refractivity contribution is 1.17. The van der Waals surface area contributed by atoms with Crippen molar-refractivity contribution in [3.63, 3.8) is 0 Å². The molecule has 3 heterocycles. The molecule has 10 rings (SSSR count). The predicted molar refractivity (Wildman–Crippen MR) is 238 cm³/mol. The lowest BCUT2D eigenvalue weighted by atomic mass is 9.90. The Balaban J connectivity index is 0.999. The van der Waals surface area contributed by atoms with E-state index in [4.69, 9.17) is 15.0 Å². The van der Waals surface area contributed by atoms with Crippen molar-refractivity contribution in [2.75, 3.05) is 0 Å². The minimum absolute atomic E-state index is 0.710. The molecule has 0 amide bonds. The van der Waals surface area contributed by atoms with Crippen LogP contribution in [0.1, 0.15) is 22.3 Å². The van der Waals surface area contributed by atoms with E-state index < -0.39 is 0 Å². The van der Waals surface area contributed by atoms with Gasteiger partial charge in [-0.25, -0.2) is 9.97 Å². The molecule has 0 fully saturated rings. The Kier molecular flexibility index (Phi) is 9.23. The summed E-state index contributed by atoms with van der Waals surface area (Å²) in [5.41, 5.74) is 14.8. The van der Waals surface area contributed by atoms with E-state index in [1.165, 1.54) is 53.6 Å². The van der Waals surface area contributed by atoms with Crippen molar-refractivity contribution in [3.8, 4) is 56.3 Å². The zero-order chi connectivity index (χ0) is 38.0. The topological polar surface area (TPSA) is 38.7 Å². The second-order valence-electron chi connectivity index (χ2n) is 14.4. The molecule has 4 heteroatoms. The van der Waals surface area contributed by atoms with Crippen LogP contribution in [0.5, 0.6) is 0 Å². The van der Waals surface area contributed by atoms with Gasteiger partial charge < -0.3 is 0 Å². The number of benzene rings is 7. The number of fused-ring (bicyclic) bond motifs is 3. The summed E-state index contributed by atoms with van der Waals surface area (Å²) in [6, 6.07) is 68.8. The number of nitrogens with zero attached hydrogens (tertiary/aromatic N) is 3. The van der Waals surface area contributed by atoms with Crippen LogP contribution >= 0.6 is 11.3 Å². The SMILES string of the molecule is c1ccc(Cc2ccccc2-c2ccccc2Cc2ccc3sc4ccnc(-c5ccc(-c6cc(-c7ccccc7)nc(-c7ccccc7)n6)cc5)c4c3c2)cc1. The Hall–Kier alpha value is -7.01. The highest BCUT2D eigenvalue weighted by molar-refractivity contribution is 7.25. The van der Waals surface area contributed by atoms with Crippen molar-refractivity contribution < 1.29 is 0 Å². The van der Waals surface area contributed by atoms with E-state index in [1.54, 1.807) is 0 Å². The van der Waals surface area contributed by atoms with Crippen molar-refractivity contribution in [1.29, 1.82) is 0 Å². The summed E-state index contributed by atoms with van der Waals surface area (Å²) in [4.78, 5) is 15.0. The van der Waals surface area contributed by atoms with Crippen LogP contribution in [0.4, 0.5) is 0 Å². The minimum atomic E-state index is 0.710. The normalized spacial score (nSPS) is 11.3. The molecule has 7 aromatic carbocycles. The average Bonchev–Trinajstić information content (AvgIpc) is 3.66. The zero-order valence-corrected chi connectivity index (χ0v) is 32.0. The Labute approximate surface area is 336 Å². The predicted octanol–water partition coefficient (Wildman–Crippen LogP) is 13.8. The molecule has 0 atom stereocenters. The van der Waals surface area contributed by atoms with Crippen molar-refractivity contribution in [2.45, 2.75) is 12.8 Å². The molecule has 0 aliphatic rings. The molecule has 0 aliphatic carbocycles. The number of aromatic nitrogens is 3. The second kappa shape index (κ2) is 15.3. The summed E-state index contributed by atoms with van der Waals surface area (Å²) in [5, 5.41) is 2.45. The zero-order valence-electron chi connectivity index (χ0n) is 31.2. The first-order valence-electron chi connectivity index (χ1n) is 19.3. The number of hydrogen-bond acceptors (Lipinski definition) is 4. The average molecular weight is 748 g/mol. The lowest BCUT2D eigenvalue weighted by Gasteiger charge is -2.15. The van der Waals surface area contributed by atoms with E-state index in [1.807, 2.05) is 53.9 Å². The summed E-state index contributed by atoms with van der Waals surface area (Å²) in [6.07, 6.45) is 3.67. The molecule has 0 unspecified atom stereocenters. The molecular weight excluding hydrogens is 711 g/mol. The van der Waals surface area contributed by atoms with Gasteiger partial charge in [0.05, 0.1) is 17.1 Å². The Morgan fingerprint density at radius 3 is 1.61 bits per heavy atom. The molecule has 3 aromatic heterocycles. The maximum atomic E-state index is 5.05. The largest absolute Gasteiger partial charge is 0.256 e. The standard InChI is InChI=1S/C53H37N3S/c1-4-14-36(15-5-1)32-42-20-10-12-22-44(42)45-23-13-11-21-43(45)33-37-24-29-49-46(34-37)51-50(57-49)30-31-54-52(51)40-27-25-39(26-28-40)48-35-47(38-16-6-2-7-17-38)55-53(56-48)41-18-8-3-9-19-41/h1-31,34-35H,32-33H2. The van der Waals surface area contributed by atoms with Gasteiger partial charge in [0.1, 0.15) is 0 Å². The lowest BCUT2D eigenvalue weighted by Crippen LogP contribution is -1.96. The van der Waals surface area contributed by atoms with Crippen LogP contribution in [-0.2, 0) is 12.8 Å². The quantitative estimate of drug-likeness (QED) is 0.148. The molecule has 0 spiro atoms. The molecule has 0 radical (unpaired) electrons. The fraction of sp³-hybridized carbons (Fsp3) is 0.0377. The van der Waals surface area contributed by atoms with Crippen molar-refractivity contribution in [3.05, 3.63) is 223 Å². The molecule has 10 aromatic rings. The molecule has 0 saturated carbocycles. The summed E-state index contributed by atoms with van der Waals surface area (Å²) >= 11 is 1.83. The van der Waals surface area contributed by atoms with Gasteiger partial charge in [-0.05, 0) is 70.5 Å².